The maximum absolute atomic E-state index is 4.93. The molecule has 1 aliphatic heterocycles. The third-order valence-corrected chi connectivity index (χ3v) is 4.81. The molecule has 0 aliphatic carbocycles. The lowest BCUT2D eigenvalue weighted by molar-refractivity contribution is 0.227. The Morgan fingerprint density at radius 3 is 2.24 bits per heavy atom. The van der Waals surface area contributed by atoms with E-state index in [9.17, 15) is 0 Å². The van der Waals surface area contributed by atoms with E-state index in [2.05, 4.69) is 72.6 Å². The number of allylic oxidation sites excluding steroid dienone is 1. The van der Waals surface area contributed by atoms with Crippen LogP contribution in [0.25, 0.3) is 5.57 Å². The first-order valence-electron chi connectivity index (χ1n) is 8.19. The van der Waals surface area contributed by atoms with Gasteiger partial charge < -0.3 is 0 Å². The summed E-state index contributed by atoms with van der Waals surface area (Å²) in [6.45, 7) is 15.8. The summed E-state index contributed by atoms with van der Waals surface area (Å²) in [6.07, 6.45) is 2.44. The molecule has 0 N–H and O–H groups in total. The molecule has 0 unspecified atom stereocenters. The molecule has 1 aromatic heterocycles. The largest absolute Gasteiger partial charge is 0.292 e. The van der Waals surface area contributed by atoms with Crippen molar-refractivity contribution in [3.63, 3.8) is 0 Å². The highest BCUT2D eigenvalue weighted by Gasteiger charge is 2.29. The topological polar surface area (TPSA) is 16.1 Å². The van der Waals surface area contributed by atoms with Crippen LogP contribution in [-0.4, -0.2) is 23.0 Å². The summed E-state index contributed by atoms with van der Waals surface area (Å²) in [5.41, 5.74) is 6.71. The monoisotopic (exact) mass is 286 g/mol. The molecular weight excluding hydrogens is 256 g/mol. The van der Waals surface area contributed by atoms with Gasteiger partial charge in [0.1, 0.15) is 0 Å². The normalized spacial score (nSPS) is 23.2. The second-order valence-electron chi connectivity index (χ2n) is 7.13. The summed E-state index contributed by atoms with van der Waals surface area (Å²) in [7, 11) is 2.21. The fourth-order valence-corrected chi connectivity index (χ4v) is 3.28. The molecule has 0 aromatic carbocycles. The van der Waals surface area contributed by atoms with Gasteiger partial charge in [-0.15, -0.1) is 0 Å². The molecule has 0 spiro atoms. The number of aryl methyl sites for hydroxylation is 1. The molecule has 2 heteroatoms. The number of pyridine rings is 1. The molecular formula is C19H30N2. The van der Waals surface area contributed by atoms with Gasteiger partial charge in [-0.05, 0) is 56.9 Å². The summed E-state index contributed by atoms with van der Waals surface area (Å²) in [4.78, 5) is 7.35. The van der Waals surface area contributed by atoms with E-state index in [0.717, 1.165) is 5.69 Å². The van der Waals surface area contributed by atoms with Crippen molar-refractivity contribution < 1.29 is 0 Å². The second kappa shape index (κ2) is 5.92. The lowest BCUT2D eigenvalue weighted by Gasteiger charge is -2.28. The third-order valence-electron chi connectivity index (χ3n) is 4.81. The minimum absolute atomic E-state index is 0.347. The van der Waals surface area contributed by atoms with Gasteiger partial charge in [-0.1, -0.05) is 33.8 Å². The first-order chi connectivity index (χ1) is 9.73. The molecule has 0 fully saturated rings. The van der Waals surface area contributed by atoms with Crippen molar-refractivity contribution in [1.82, 2.24) is 9.88 Å². The van der Waals surface area contributed by atoms with E-state index in [-0.39, 0.29) is 0 Å². The zero-order valence-electron chi connectivity index (χ0n) is 14.9. The first-order valence-corrected chi connectivity index (χ1v) is 8.19. The van der Waals surface area contributed by atoms with Crippen LogP contribution in [0.1, 0.15) is 76.0 Å². The minimum Gasteiger partial charge on any atom is -0.292 e. The van der Waals surface area contributed by atoms with Crippen LogP contribution in [0.15, 0.2) is 12.1 Å². The molecule has 1 aromatic rings. The summed E-state index contributed by atoms with van der Waals surface area (Å²) in [5.74, 6) is 1.04. The molecule has 21 heavy (non-hydrogen) atoms. The summed E-state index contributed by atoms with van der Waals surface area (Å²) < 4.78 is 0. The molecule has 2 nitrogen and oxygen atoms in total. The van der Waals surface area contributed by atoms with Gasteiger partial charge in [0.15, 0.2) is 0 Å². The van der Waals surface area contributed by atoms with Gasteiger partial charge >= 0.3 is 0 Å². The predicted octanol–water partition coefficient (Wildman–Crippen LogP) is 4.95. The van der Waals surface area contributed by atoms with E-state index >= 15 is 0 Å². The molecule has 116 valence electrons. The molecule has 0 radical (unpaired) electrons. The number of nitrogens with zero attached hydrogens (tertiary/aromatic N) is 2. The van der Waals surface area contributed by atoms with Gasteiger partial charge in [-0.25, -0.2) is 0 Å². The van der Waals surface area contributed by atoms with Crippen molar-refractivity contribution in [3.8, 4) is 0 Å². The SMILES string of the molecule is Cc1cc(C(C)C)c2c(n1)[C@H](C)N(C)[C@H](C)C=C2C(C)C. The zero-order valence-corrected chi connectivity index (χ0v) is 14.9. The van der Waals surface area contributed by atoms with Crippen molar-refractivity contribution >= 4 is 5.57 Å². The highest BCUT2D eigenvalue weighted by molar-refractivity contribution is 5.73. The van der Waals surface area contributed by atoms with Crippen molar-refractivity contribution in [1.29, 1.82) is 0 Å². The number of rotatable bonds is 2. The van der Waals surface area contributed by atoms with Crippen LogP contribution in [0.4, 0.5) is 0 Å². The lowest BCUT2D eigenvalue weighted by Crippen LogP contribution is -2.30. The highest BCUT2D eigenvalue weighted by Crippen LogP contribution is 2.39. The molecule has 2 rings (SSSR count). The quantitative estimate of drug-likeness (QED) is 0.765. The highest BCUT2D eigenvalue weighted by atomic mass is 15.2. The lowest BCUT2D eigenvalue weighted by atomic mass is 9.85. The van der Waals surface area contributed by atoms with E-state index in [0.29, 0.717) is 23.9 Å². The third kappa shape index (κ3) is 2.91. The first kappa shape index (κ1) is 16.2. The molecule has 0 saturated carbocycles. The fourth-order valence-electron chi connectivity index (χ4n) is 3.28. The predicted molar refractivity (Wildman–Crippen MR) is 91.5 cm³/mol. The number of aromatic nitrogens is 1. The van der Waals surface area contributed by atoms with Crippen molar-refractivity contribution in [3.05, 3.63) is 34.7 Å². The van der Waals surface area contributed by atoms with Crippen LogP contribution in [0, 0.1) is 12.8 Å². The molecule has 2 heterocycles. The average molecular weight is 286 g/mol. The Labute approximate surface area is 130 Å². The Balaban J connectivity index is 2.80. The summed E-state index contributed by atoms with van der Waals surface area (Å²) >= 11 is 0. The average Bonchev–Trinajstić information content (AvgIpc) is 2.49. The van der Waals surface area contributed by atoms with Crippen LogP contribution >= 0.6 is 0 Å². The van der Waals surface area contributed by atoms with Gasteiger partial charge in [0, 0.05) is 17.3 Å². The van der Waals surface area contributed by atoms with Crippen molar-refractivity contribution in [2.75, 3.05) is 7.05 Å². The maximum Gasteiger partial charge on any atom is 0.0653 e. The van der Waals surface area contributed by atoms with Crippen LogP contribution in [0.3, 0.4) is 0 Å². The van der Waals surface area contributed by atoms with Crippen molar-refractivity contribution in [2.24, 2.45) is 5.92 Å². The van der Waals surface area contributed by atoms with Crippen LogP contribution in [0.2, 0.25) is 0 Å². The minimum atomic E-state index is 0.347. The Morgan fingerprint density at radius 1 is 1.10 bits per heavy atom. The smallest absolute Gasteiger partial charge is 0.0653 e. The number of hydrogen-bond donors (Lipinski definition) is 0. The standard InChI is InChI=1S/C19H30N2/c1-11(2)16-9-13(5)20-19-15(7)21(8)14(6)10-17(12(3)4)18(16)19/h9-12,14-15H,1-8H3/t14-,15+/m1/s1. The van der Waals surface area contributed by atoms with Crippen molar-refractivity contribution in [2.45, 2.75) is 66.5 Å². The van der Waals surface area contributed by atoms with Crippen LogP contribution in [0.5, 0.6) is 0 Å². The van der Waals surface area contributed by atoms with E-state index < -0.39 is 0 Å². The molecule has 2 atom stereocenters. The van der Waals surface area contributed by atoms with Crippen LogP contribution < -0.4 is 0 Å². The molecule has 0 bridgehead atoms. The Bertz CT molecular complexity index is 555. The second-order valence-corrected chi connectivity index (χ2v) is 7.13. The van der Waals surface area contributed by atoms with E-state index in [4.69, 9.17) is 4.98 Å². The maximum atomic E-state index is 4.93. The number of likely N-dealkylation sites (N-methyl/N-ethyl adjacent to an activating group) is 1. The van der Waals surface area contributed by atoms with E-state index in [1.165, 1.54) is 22.4 Å². The molecule has 0 amide bonds. The number of hydrogen-bond acceptors (Lipinski definition) is 2. The zero-order chi connectivity index (χ0) is 15.9. The molecule has 1 aliphatic rings. The van der Waals surface area contributed by atoms with Gasteiger partial charge in [0.25, 0.3) is 0 Å². The van der Waals surface area contributed by atoms with E-state index in [1.54, 1.807) is 0 Å². The summed E-state index contributed by atoms with van der Waals surface area (Å²) in [6, 6.07) is 3.06. The van der Waals surface area contributed by atoms with Gasteiger partial charge in [-0.3, -0.25) is 9.88 Å². The summed E-state index contributed by atoms with van der Waals surface area (Å²) in [5, 5.41) is 0. The van der Waals surface area contributed by atoms with Gasteiger partial charge in [0.2, 0.25) is 0 Å². The van der Waals surface area contributed by atoms with Crippen LogP contribution in [-0.2, 0) is 0 Å². The Morgan fingerprint density at radius 2 is 1.71 bits per heavy atom. The Hall–Kier alpha value is -1.15. The van der Waals surface area contributed by atoms with Gasteiger partial charge in [0.05, 0.1) is 11.7 Å². The van der Waals surface area contributed by atoms with E-state index in [1.807, 2.05) is 0 Å². The number of fused-ring (bicyclic) bond motifs is 1. The fraction of sp³-hybridized carbons (Fsp3) is 0.632. The molecule has 0 saturated heterocycles. The van der Waals surface area contributed by atoms with Gasteiger partial charge in [-0.2, -0.15) is 0 Å². The Kier molecular flexibility index (Phi) is 4.57.